The van der Waals surface area contributed by atoms with E-state index in [0.29, 0.717) is 19.0 Å². The van der Waals surface area contributed by atoms with Crippen LogP contribution in [0, 0.1) is 0 Å². The highest BCUT2D eigenvalue weighted by Crippen LogP contribution is 2.18. The molecule has 3 nitrogen and oxygen atoms in total. The molecule has 21 heavy (non-hydrogen) atoms. The lowest BCUT2D eigenvalue weighted by Gasteiger charge is -2.24. The first-order valence-electron chi connectivity index (χ1n) is 7.04. The zero-order valence-electron chi connectivity index (χ0n) is 13.2. The summed E-state index contributed by atoms with van der Waals surface area (Å²) in [7, 11) is -1.76. The van der Waals surface area contributed by atoms with Gasteiger partial charge in [-0.2, -0.15) is 0 Å². The van der Waals surface area contributed by atoms with Crippen LogP contribution in [0.4, 0.5) is 0 Å². The van der Waals surface area contributed by atoms with Crippen LogP contribution in [0.1, 0.15) is 0 Å². The Kier molecular flexibility index (Phi) is 6.82. The number of hydrogen-bond donors (Lipinski definition) is 0. The molecule has 0 fully saturated rings. The zero-order chi connectivity index (χ0) is 15.7. The van der Waals surface area contributed by atoms with Crippen molar-refractivity contribution in [1.82, 2.24) is 4.90 Å². The van der Waals surface area contributed by atoms with E-state index in [0.717, 1.165) is 5.75 Å². The Hall–Kier alpha value is -1.94. The van der Waals surface area contributed by atoms with Crippen LogP contribution in [0.5, 0.6) is 5.75 Å². The molecule has 0 spiro atoms. The number of hydrogen-bond acceptors (Lipinski definition) is 3. The summed E-state index contributed by atoms with van der Waals surface area (Å²) in [4.78, 5) is 2.04. The van der Waals surface area contributed by atoms with Crippen molar-refractivity contribution in [2.75, 3.05) is 13.1 Å². The minimum absolute atomic E-state index is 0.518. The van der Waals surface area contributed by atoms with Crippen molar-refractivity contribution in [2.24, 2.45) is 0 Å². The third kappa shape index (κ3) is 7.42. The van der Waals surface area contributed by atoms with Gasteiger partial charge in [-0.3, -0.25) is 0 Å². The molecule has 0 atom stereocenters. The summed E-state index contributed by atoms with van der Waals surface area (Å²) in [6.45, 7) is 15.3. The molecule has 0 unspecified atom stereocenters. The maximum Gasteiger partial charge on any atom is 0.287 e. The number of ether oxygens (including phenoxy) is 1. The summed E-state index contributed by atoms with van der Waals surface area (Å²) in [5.41, 5.74) is 0. The second-order valence-electron chi connectivity index (χ2n) is 5.61. The van der Waals surface area contributed by atoms with E-state index >= 15 is 0 Å². The minimum atomic E-state index is -1.76. The zero-order valence-corrected chi connectivity index (χ0v) is 14.2. The van der Waals surface area contributed by atoms with Gasteiger partial charge in [-0.15, -0.1) is 13.2 Å². The maximum atomic E-state index is 6.03. The van der Waals surface area contributed by atoms with E-state index in [1.165, 1.54) is 0 Å². The van der Waals surface area contributed by atoms with E-state index < -0.39 is 8.32 Å². The molecule has 0 aliphatic heterocycles. The van der Waals surface area contributed by atoms with Gasteiger partial charge in [-0.05, 0) is 31.8 Å². The standard InChI is InChI=1S/C17H25NO2Si/c1-6-13-18(14-7-2)15-17(20-21(3,4)5)19-16-11-9-8-10-12-16/h6-12,15H,1-2,13-14H2,3-5H3/b17-15+. The van der Waals surface area contributed by atoms with Gasteiger partial charge in [0.2, 0.25) is 8.32 Å². The molecule has 1 rings (SSSR count). The van der Waals surface area contributed by atoms with Crippen LogP contribution in [-0.4, -0.2) is 26.3 Å². The second kappa shape index (κ2) is 8.37. The fourth-order valence-corrected chi connectivity index (χ4v) is 2.34. The maximum absolute atomic E-state index is 6.03. The lowest BCUT2D eigenvalue weighted by atomic mass is 10.3. The average molecular weight is 303 g/mol. The SMILES string of the molecule is C=CCN(/C=C(\Oc1ccccc1)O[Si](C)(C)C)CC=C. The molecule has 0 aliphatic carbocycles. The van der Waals surface area contributed by atoms with Gasteiger partial charge < -0.3 is 14.1 Å². The van der Waals surface area contributed by atoms with Gasteiger partial charge in [0, 0.05) is 13.1 Å². The molecule has 1 aromatic rings. The molecule has 4 heteroatoms. The molecule has 1 aromatic carbocycles. The highest BCUT2D eigenvalue weighted by molar-refractivity contribution is 6.70. The summed E-state index contributed by atoms with van der Waals surface area (Å²) in [6.07, 6.45) is 5.57. The van der Waals surface area contributed by atoms with Gasteiger partial charge in [-0.25, -0.2) is 0 Å². The van der Waals surface area contributed by atoms with Crippen LogP contribution in [0.25, 0.3) is 0 Å². The third-order valence-electron chi connectivity index (χ3n) is 2.38. The largest absolute Gasteiger partial charge is 0.518 e. The normalized spacial score (nSPS) is 11.7. The molecule has 0 bridgehead atoms. The Bertz CT molecular complexity index is 467. The van der Waals surface area contributed by atoms with Crippen LogP contribution in [0.15, 0.2) is 67.8 Å². The number of rotatable bonds is 9. The van der Waals surface area contributed by atoms with Crippen molar-refractivity contribution in [3.8, 4) is 5.75 Å². The Morgan fingerprint density at radius 1 is 1.10 bits per heavy atom. The Morgan fingerprint density at radius 3 is 2.14 bits per heavy atom. The first kappa shape index (κ1) is 17.1. The molecule has 0 saturated carbocycles. The monoisotopic (exact) mass is 303 g/mol. The van der Waals surface area contributed by atoms with Crippen LogP contribution in [0.2, 0.25) is 19.6 Å². The molecule has 0 heterocycles. The number of nitrogens with zero attached hydrogens (tertiary/aromatic N) is 1. The van der Waals surface area contributed by atoms with Crippen molar-refractivity contribution < 1.29 is 9.16 Å². The van der Waals surface area contributed by atoms with Gasteiger partial charge in [0.1, 0.15) is 5.75 Å². The molecule has 0 N–H and O–H groups in total. The van der Waals surface area contributed by atoms with Gasteiger partial charge in [0.15, 0.2) is 0 Å². The van der Waals surface area contributed by atoms with E-state index in [4.69, 9.17) is 9.16 Å². The first-order valence-corrected chi connectivity index (χ1v) is 10.4. The lowest BCUT2D eigenvalue weighted by molar-refractivity contribution is 0.207. The van der Waals surface area contributed by atoms with E-state index in [2.05, 4.69) is 32.8 Å². The summed E-state index contributed by atoms with van der Waals surface area (Å²) in [5, 5.41) is 0. The molecule has 0 amide bonds. The molecular weight excluding hydrogens is 278 g/mol. The predicted molar refractivity (Wildman–Crippen MR) is 91.6 cm³/mol. The Labute approximate surface area is 129 Å². The van der Waals surface area contributed by atoms with E-state index in [9.17, 15) is 0 Å². The lowest BCUT2D eigenvalue weighted by Crippen LogP contribution is -2.28. The van der Waals surface area contributed by atoms with E-state index in [1.807, 2.05) is 53.6 Å². The van der Waals surface area contributed by atoms with Crippen molar-refractivity contribution in [3.05, 3.63) is 67.8 Å². The van der Waals surface area contributed by atoms with Crippen LogP contribution >= 0.6 is 0 Å². The van der Waals surface area contributed by atoms with Crippen LogP contribution < -0.4 is 4.74 Å². The molecule has 0 aliphatic rings. The Balaban J connectivity index is 2.94. The summed E-state index contributed by atoms with van der Waals surface area (Å²) in [6, 6.07) is 9.65. The summed E-state index contributed by atoms with van der Waals surface area (Å²) >= 11 is 0. The van der Waals surface area contributed by atoms with Crippen molar-refractivity contribution in [2.45, 2.75) is 19.6 Å². The fraction of sp³-hybridized carbons (Fsp3) is 0.294. The van der Waals surface area contributed by atoms with Crippen LogP contribution in [-0.2, 0) is 4.43 Å². The molecule has 114 valence electrons. The van der Waals surface area contributed by atoms with Crippen molar-refractivity contribution in [1.29, 1.82) is 0 Å². The van der Waals surface area contributed by atoms with Gasteiger partial charge in [0.25, 0.3) is 5.95 Å². The quantitative estimate of drug-likeness (QED) is 0.384. The van der Waals surface area contributed by atoms with Crippen molar-refractivity contribution >= 4 is 8.32 Å². The first-order chi connectivity index (χ1) is 9.94. The second-order valence-corrected chi connectivity index (χ2v) is 10.0. The highest BCUT2D eigenvalue weighted by atomic mass is 28.4. The molecule has 0 aromatic heterocycles. The van der Waals surface area contributed by atoms with Crippen LogP contribution in [0.3, 0.4) is 0 Å². The average Bonchev–Trinajstić information content (AvgIpc) is 2.38. The Morgan fingerprint density at radius 2 is 1.67 bits per heavy atom. The van der Waals surface area contributed by atoms with E-state index in [1.54, 1.807) is 0 Å². The van der Waals surface area contributed by atoms with Crippen molar-refractivity contribution in [3.63, 3.8) is 0 Å². The molecule has 0 saturated heterocycles. The summed E-state index contributed by atoms with van der Waals surface area (Å²) < 4.78 is 11.9. The third-order valence-corrected chi connectivity index (χ3v) is 3.20. The minimum Gasteiger partial charge on any atom is -0.518 e. The highest BCUT2D eigenvalue weighted by Gasteiger charge is 2.19. The topological polar surface area (TPSA) is 21.7 Å². The summed E-state index contributed by atoms with van der Waals surface area (Å²) in [5.74, 6) is 1.28. The fourth-order valence-electron chi connectivity index (χ4n) is 1.64. The van der Waals surface area contributed by atoms with Gasteiger partial charge in [0.05, 0.1) is 6.20 Å². The molecule has 0 radical (unpaired) electrons. The number of para-hydroxylation sites is 1. The van der Waals surface area contributed by atoms with Gasteiger partial charge in [-0.1, -0.05) is 30.4 Å². The smallest absolute Gasteiger partial charge is 0.287 e. The molecular formula is C17H25NO2Si. The van der Waals surface area contributed by atoms with Gasteiger partial charge >= 0.3 is 0 Å². The predicted octanol–water partition coefficient (Wildman–Crippen LogP) is 4.39. The number of benzene rings is 1. The van der Waals surface area contributed by atoms with E-state index in [-0.39, 0.29) is 0 Å².